The van der Waals surface area contributed by atoms with Crippen LogP contribution in [0.1, 0.15) is 38.3 Å². The Kier molecular flexibility index (Phi) is 6.99. The third kappa shape index (κ3) is 5.19. The van der Waals surface area contributed by atoms with Crippen LogP contribution in [0.5, 0.6) is 0 Å². The van der Waals surface area contributed by atoms with Crippen LogP contribution < -0.4 is 5.32 Å². The Bertz CT molecular complexity index is 318. The number of likely N-dealkylation sites (N-methyl/N-ethyl adjacent to an activating group) is 1. The van der Waals surface area contributed by atoms with Gasteiger partial charge in [0, 0.05) is 12.6 Å². The first-order valence-corrected chi connectivity index (χ1v) is 7.16. The summed E-state index contributed by atoms with van der Waals surface area (Å²) in [5.74, 6) is 0. The van der Waals surface area contributed by atoms with Crippen LogP contribution in [-0.2, 0) is 13.0 Å². The quantitative estimate of drug-likeness (QED) is 0.711. The molecule has 2 nitrogen and oxygen atoms in total. The van der Waals surface area contributed by atoms with E-state index in [1.807, 2.05) is 0 Å². The van der Waals surface area contributed by atoms with Crippen molar-refractivity contribution in [2.45, 2.75) is 46.2 Å². The second-order valence-corrected chi connectivity index (χ2v) is 5.09. The first kappa shape index (κ1) is 15.2. The molecule has 0 saturated carbocycles. The Morgan fingerprint density at radius 2 is 1.72 bits per heavy atom. The van der Waals surface area contributed by atoms with E-state index >= 15 is 0 Å². The van der Waals surface area contributed by atoms with E-state index in [-0.39, 0.29) is 0 Å². The zero-order valence-electron chi connectivity index (χ0n) is 12.4. The highest BCUT2D eigenvalue weighted by molar-refractivity contribution is 5.22. The highest BCUT2D eigenvalue weighted by atomic mass is 15.1. The first-order chi connectivity index (χ1) is 8.67. The van der Waals surface area contributed by atoms with Crippen LogP contribution in [0.25, 0.3) is 0 Å². The van der Waals surface area contributed by atoms with E-state index in [1.165, 1.54) is 17.5 Å². The largest absolute Gasteiger partial charge is 0.317 e. The molecule has 1 N–H and O–H groups in total. The Hall–Kier alpha value is -0.860. The third-order valence-corrected chi connectivity index (χ3v) is 3.64. The zero-order chi connectivity index (χ0) is 13.4. The molecule has 1 aromatic rings. The Labute approximate surface area is 112 Å². The Balaban J connectivity index is 2.44. The standard InChI is InChI=1S/C16H28N2/c1-5-14(3)18(4)13-16-9-7-15(8-10-16)11-12-17-6-2/h7-10,14,17H,5-6,11-13H2,1-4H3. The molecule has 0 heterocycles. The number of hydrogen-bond acceptors (Lipinski definition) is 2. The fraction of sp³-hybridized carbons (Fsp3) is 0.625. The molecule has 18 heavy (non-hydrogen) atoms. The summed E-state index contributed by atoms with van der Waals surface area (Å²) in [6.45, 7) is 9.84. The van der Waals surface area contributed by atoms with Gasteiger partial charge in [-0.2, -0.15) is 0 Å². The molecule has 1 rings (SSSR count). The SMILES string of the molecule is CCNCCc1ccc(CN(C)C(C)CC)cc1. The van der Waals surface area contributed by atoms with Crippen molar-refractivity contribution in [2.24, 2.45) is 0 Å². The van der Waals surface area contributed by atoms with Gasteiger partial charge in [0.25, 0.3) is 0 Å². The lowest BCUT2D eigenvalue weighted by Gasteiger charge is -2.23. The van der Waals surface area contributed by atoms with Crippen molar-refractivity contribution in [2.75, 3.05) is 20.1 Å². The summed E-state index contributed by atoms with van der Waals surface area (Å²) >= 11 is 0. The van der Waals surface area contributed by atoms with Crippen molar-refractivity contribution in [1.82, 2.24) is 10.2 Å². The second-order valence-electron chi connectivity index (χ2n) is 5.09. The number of nitrogens with one attached hydrogen (secondary N) is 1. The molecule has 0 bridgehead atoms. The molecule has 1 aromatic carbocycles. The number of hydrogen-bond donors (Lipinski definition) is 1. The fourth-order valence-electron chi connectivity index (χ4n) is 1.98. The van der Waals surface area contributed by atoms with Gasteiger partial charge < -0.3 is 5.32 Å². The molecule has 0 amide bonds. The maximum atomic E-state index is 3.36. The molecule has 102 valence electrons. The molecule has 0 spiro atoms. The summed E-state index contributed by atoms with van der Waals surface area (Å²) in [5.41, 5.74) is 2.83. The number of nitrogens with zero attached hydrogens (tertiary/aromatic N) is 1. The molecule has 0 aliphatic carbocycles. The predicted molar refractivity (Wildman–Crippen MR) is 79.9 cm³/mol. The molecule has 0 aliphatic heterocycles. The molecule has 2 heteroatoms. The molecular formula is C16H28N2. The molecule has 0 aliphatic rings. The monoisotopic (exact) mass is 248 g/mol. The van der Waals surface area contributed by atoms with Gasteiger partial charge in [0.1, 0.15) is 0 Å². The summed E-state index contributed by atoms with van der Waals surface area (Å²) in [5, 5.41) is 3.36. The van der Waals surface area contributed by atoms with E-state index in [2.05, 4.69) is 62.3 Å². The van der Waals surface area contributed by atoms with Gasteiger partial charge in [0.15, 0.2) is 0 Å². The van der Waals surface area contributed by atoms with Gasteiger partial charge in [0.2, 0.25) is 0 Å². The minimum absolute atomic E-state index is 0.651. The topological polar surface area (TPSA) is 15.3 Å². The maximum Gasteiger partial charge on any atom is 0.0233 e. The smallest absolute Gasteiger partial charge is 0.0233 e. The Morgan fingerprint density at radius 1 is 1.11 bits per heavy atom. The van der Waals surface area contributed by atoms with Gasteiger partial charge in [-0.3, -0.25) is 4.90 Å². The molecule has 0 radical (unpaired) electrons. The van der Waals surface area contributed by atoms with Gasteiger partial charge in [0.05, 0.1) is 0 Å². The summed E-state index contributed by atoms with van der Waals surface area (Å²) in [6, 6.07) is 9.70. The van der Waals surface area contributed by atoms with Crippen molar-refractivity contribution < 1.29 is 0 Å². The highest BCUT2D eigenvalue weighted by Gasteiger charge is 2.06. The minimum atomic E-state index is 0.651. The van der Waals surface area contributed by atoms with E-state index in [9.17, 15) is 0 Å². The minimum Gasteiger partial charge on any atom is -0.317 e. The van der Waals surface area contributed by atoms with Gasteiger partial charge in [-0.15, -0.1) is 0 Å². The van der Waals surface area contributed by atoms with Crippen LogP contribution in [-0.4, -0.2) is 31.1 Å². The Morgan fingerprint density at radius 3 is 2.28 bits per heavy atom. The molecular weight excluding hydrogens is 220 g/mol. The highest BCUT2D eigenvalue weighted by Crippen LogP contribution is 2.10. The summed E-state index contributed by atoms with van der Waals surface area (Å²) in [6.07, 6.45) is 2.33. The van der Waals surface area contributed by atoms with Crippen LogP contribution in [0.15, 0.2) is 24.3 Å². The van der Waals surface area contributed by atoms with Crippen LogP contribution in [0.4, 0.5) is 0 Å². The van der Waals surface area contributed by atoms with Gasteiger partial charge in [-0.25, -0.2) is 0 Å². The first-order valence-electron chi connectivity index (χ1n) is 7.16. The van der Waals surface area contributed by atoms with E-state index in [4.69, 9.17) is 0 Å². The van der Waals surface area contributed by atoms with Crippen molar-refractivity contribution in [3.63, 3.8) is 0 Å². The van der Waals surface area contributed by atoms with Crippen molar-refractivity contribution in [3.8, 4) is 0 Å². The predicted octanol–water partition coefficient (Wildman–Crippen LogP) is 3.07. The van der Waals surface area contributed by atoms with E-state index in [1.54, 1.807) is 0 Å². The van der Waals surface area contributed by atoms with Crippen LogP contribution in [0, 0.1) is 0 Å². The van der Waals surface area contributed by atoms with E-state index in [0.29, 0.717) is 6.04 Å². The maximum absolute atomic E-state index is 3.36. The van der Waals surface area contributed by atoms with Crippen molar-refractivity contribution in [1.29, 1.82) is 0 Å². The molecule has 0 aromatic heterocycles. The van der Waals surface area contributed by atoms with Crippen LogP contribution in [0.2, 0.25) is 0 Å². The molecule has 0 fully saturated rings. The fourth-order valence-corrected chi connectivity index (χ4v) is 1.98. The molecule has 1 atom stereocenters. The lowest BCUT2D eigenvalue weighted by Crippen LogP contribution is -2.27. The van der Waals surface area contributed by atoms with Gasteiger partial charge in [-0.1, -0.05) is 38.1 Å². The van der Waals surface area contributed by atoms with Crippen LogP contribution >= 0.6 is 0 Å². The average molecular weight is 248 g/mol. The number of rotatable bonds is 8. The lowest BCUT2D eigenvalue weighted by atomic mass is 10.1. The van der Waals surface area contributed by atoms with Gasteiger partial charge in [-0.05, 0) is 51.0 Å². The van der Waals surface area contributed by atoms with Crippen LogP contribution in [0.3, 0.4) is 0 Å². The van der Waals surface area contributed by atoms with E-state index < -0.39 is 0 Å². The summed E-state index contributed by atoms with van der Waals surface area (Å²) in [4.78, 5) is 2.41. The van der Waals surface area contributed by atoms with Crippen molar-refractivity contribution >= 4 is 0 Å². The van der Waals surface area contributed by atoms with Gasteiger partial charge >= 0.3 is 0 Å². The summed E-state index contributed by atoms with van der Waals surface area (Å²) in [7, 11) is 2.20. The molecule has 0 saturated heterocycles. The van der Waals surface area contributed by atoms with Crippen molar-refractivity contribution in [3.05, 3.63) is 35.4 Å². The molecule has 1 unspecified atom stereocenters. The number of benzene rings is 1. The zero-order valence-corrected chi connectivity index (χ0v) is 12.4. The lowest BCUT2D eigenvalue weighted by molar-refractivity contribution is 0.244. The third-order valence-electron chi connectivity index (χ3n) is 3.64. The average Bonchev–Trinajstić information content (AvgIpc) is 2.40. The van der Waals surface area contributed by atoms with E-state index in [0.717, 1.165) is 26.1 Å². The second kappa shape index (κ2) is 8.28. The normalized spacial score (nSPS) is 12.9. The summed E-state index contributed by atoms with van der Waals surface area (Å²) < 4.78 is 0.